The summed E-state index contributed by atoms with van der Waals surface area (Å²) < 4.78 is 0. The van der Waals surface area contributed by atoms with Crippen LogP contribution in [0.3, 0.4) is 0 Å². The highest BCUT2D eigenvalue weighted by Gasteiger charge is 2.22. The average molecular weight is 195 g/mol. The third kappa shape index (κ3) is 2.33. The van der Waals surface area contributed by atoms with Gasteiger partial charge in [0.1, 0.15) is 5.82 Å². The van der Waals surface area contributed by atoms with Gasteiger partial charge in [0, 0.05) is 18.4 Å². The van der Waals surface area contributed by atoms with Crippen LogP contribution in [0.1, 0.15) is 31.5 Å². The molecule has 0 amide bonds. The Kier molecular flexibility index (Phi) is 3.16. The van der Waals surface area contributed by atoms with E-state index >= 15 is 0 Å². The second-order valence-corrected chi connectivity index (χ2v) is 3.88. The molecule has 4 nitrogen and oxygen atoms in total. The maximum absolute atomic E-state index is 9.70. The first-order chi connectivity index (χ1) is 6.86. The number of aliphatic hydroxyl groups is 1. The second-order valence-electron chi connectivity index (χ2n) is 3.88. The molecule has 14 heavy (non-hydrogen) atoms. The smallest absolute Gasteiger partial charge is 0.120 e. The summed E-state index contributed by atoms with van der Waals surface area (Å²) in [4.78, 5) is 7.16. The molecule has 2 atom stereocenters. The number of hydrogen-bond donors (Lipinski definition) is 3. The fourth-order valence-corrected chi connectivity index (χ4v) is 1.97. The summed E-state index contributed by atoms with van der Waals surface area (Å²) >= 11 is 0. The van der Waals surface area contributed by atoms with E-state index in [1.807, 2.05) is 6.20 Å². The van der Waals surface area contributed by atoms with Crippen LogP contribution in [0.5, 0.6) is 0 Å². The molecule has 1 aliphatic carbocycles. The van der Waals surface area contributed by atoms with Crippen LogP contribution in [-0.2, 0) is 6.54 Å². The zero-order chi connectivity index (χ0) is 9.80. The van der Waals surface area contributed by atoms with Crippen LogP contribution in [-0.4, -0.2) is 27.2 Å². The van der Waals surface area contributed by atoms with Gasteiger partial charge in [0.25, 0.3) is 0 Å². The Morgan fingerprint density at radius 2 is 2.36 bits per heavy atom. The Morgan fingerprint density at radius 1 is 1.50 bits per heavy atom. The minimum absolute atomic E-state index is 0.182. The standard InChI is InChI=1S/C10H17N3O/c14-9-4-2-1-3-8(9)13-7-10-11-5-6-12-10/h5-6,8-9,13-14H,1-4,7H2,(H,11,12)/t8-,9-/m0/s1. The van der Waals surface area contributed by atoms with Crippen molar-refractivity contribution in [1.29, 1.82) is 0 Å². The molecule has 1 aromatic heterocycles. The van der Waals surface area contributed by atoms with E-state index in [0.29, 0.717) is 6.54 Å². The summed E-state index contributed by atoms with van der Waals surface area (Å²) in [7, 11) is 0. The van der Waals surface area contributed by atoms with Gasteiger partial charge in [-0.2, -0.15) is 0 Å². The Bertz CT molecular complexity index is 260. The number of aliphatic hydroxyl groups excluding tert-OH is 1. The zero-order valence-electron chi connectivity index (χ0n) is 8.24. The molecule has 1 aliphatic rings. The lowest BCUT2D eigenvalue weighted by molar-refractivity contribution is 0.0899. The molecule has 0 unspecified atom stereocenters. The number of aromatic amines is 1. The number of hydrogen-bond acceptors (Lipinski definition) is 3. The summed E-state index contributed by atoms with van der Waals surface area (Å²) in [6.45, 7) is 0.717. The first kappa shape index (κ1) is 9.68. The van der Waals surface area contributed by atoms with E-state index < -0.39 is 0 Å². The number of aromatic nitrogens is 2. The van der Waals surface area contributed by atoms with E-state index in [0.717, 1.165) is 25.1 Å². The van der Waals surface area contributed by atoms with Gasteiger partial charge in [-0.1, -0.05) is 12.8 Å². The maximum atomic E-state index is 9.70. The molecule has 0 aliphatic heterocycles. The largest absolute Gasteiger partial charge is 0.392 e. The first-order valence-corrected chi connectivity index (χ1v) is 5.26. The molecule has 0 radical (unpaired) electrons. The van der Waals surface area contributed by atoms with Gasteiger partial charge in [0.05, 0.1) is 12.6 Å². The van der Waals surface area contributed by atoms with Crippen molar-refractivity contribution in [2.24, 2.45) is 0 Å². The number of imidazole rings is 1. The fraction of sp³-hybridized carbons (Fsp3) is 0.700. The molecular formula is C10H17N3O. The number of nitrogens with one attached hydrogen (secondary N) is 2. The van der Waals surface area contributed by atoms with Crippen molar-refractivity contribution in [3.05, 3.63) is 18.2 Å². The van der Waals surface area contributed by atoms with Crippen molar-refractivity contribution < 1.29 is 5.11 Å². The molecule has 1 fully saturated rings. The van der Waals surface area contributed by atoms with Gasteiger partial charge in [-0.25, -0.2) is 4.98 Å². The van der Waals surface area contributed by atoms with Crippen molar-refractivity contribution in [3.8, 4) is 0 Å². The molecule has 1 saturated carbocycles. The van der Waals surface area contributed by atoms with E-state index in [9.17, 15) is 5.11 Å². The predicted octanol–water partition coefficient (Wildman–Crippen LogP) is 0.803. The molecule has 4 heteroatoms. The van der Waals surface area contributed by atoms with Crippen molar-refractivity contribution in [2.45, 2.75) is 44.4 Å². The zero-order valence-corrected chi connectivity index (χ0v) is 8.24. The Labute approximate surface area is 83.8 Å². The Hall–Kier alpha value is -0.870. The number of rotatable bonds is 3. The van der Waals surface area contributed by atoms with Crippen LogP contribution in [0, 0.1) is 0 Å². The molecule has 1 heterocycles. The van der Waals surface area contributed by atoms with Crippen LogP contribution >= 0.6 is 0 Å². The molecule has 3 N–H and O–H groups in total. The number of H-pyrrole nitrogens is 1. The topological polar surface area (TPSA) is 60.9 Å². The van der Waals surface area contributed by atoms with E-state index in [2.05, 4.69) is 15.3 Å². The van der Waals surface area contributed by atoms with E-state index in [1.54, 1.807) is 6.20 Å². The van der Waals surface area contributed by atoms with Gasteiger partial charge in [-0.05, 0) is 12.8 Å². The van der Waals surface area contributed by atoms with Crippen LogP contribution < -0.4 is 5.32 Å². The molecule has 1 aromatic rings. The third-order valence-corrected chi connectivity index (χ3v) is 2.82. The quantitative estimate of drug-likeness (QED) is 0.668. The molecule has 0 saturated heterocycles. The summed E-state index contributed by atoms with van der Waals surface area (Å²) in [5, 5.41) is 13.0. The highest BCUT2D eigenvalue weighted by Crippen LogP contribution is 2.18. The maximum Gasteiger partial charge on any atom is 0.120 e. The monoisotopic (exact) mass is 195 g/mol. The molecule has 0 bridgehead atoms. The van der Waals surface area contributed by atoms with Crippen molar-refractivity contribution >= 4 is 0 Å². The van der Waals surface area contributed by atoms with Gasteiger partial charge >= 0.3 is 0 Å². The summed E-state index contributed by atoms with van der Waals surface area (Å²) in [6, 6.07) is 0.244. The lowest BCUT2D eigenvalue weighted by Gasteiger charge is -2.28. The molecule has 78 valence electrons. The molecule has 2 rings (SSSR count). The van der Waals surface area contributed by atoms with Crippen molar-refractivity contribution in [1.82, 2.24) is 15.3 Å². The summed E-state index contributed by atoms with van der Waals surface area (Å²) in [5.41, 5.74) is 0. The number of nitrogens with zero attached hydrogens (tertiary/aromatic N) is 1. The lowest BCUT2D eigenvalue weighted by atomic mass is 9.93. The Balaban J connectivity index is 1.79. The SMILES string of the molecule is O[C@H]1CCCC[C@@H]1NCc1ncc[nH]1. The minimum atomic E-state index is -0.182. The third-order valence-electron chi connectivity index (χ3n) is 2.82. The van der Waals surface area contributed by atoms with E-state index in [1.165, 1.54) is 6.42 Å². The van der Waals surface area contributed by atoms with Gasteiger partial charge in [-0.3, -0.25) is 0 Å². The van der Waals surface area contributed by atoms with Gasteiger partial charge in [-0.15, -0.1) is 0 Å². The normalized spacial score (nSPS) is 27.8. The highest BCUT2D eigenvalue weighted by atomic mass is 16.3. The van der Waals surface area contributed by atoms with Crippen LogP contribution in [0.25, 0.3) is 0 Å². The molecule has 0 aromatic carbocycles. The first-order valence-electron chi connectivity index (χ1n) is 5.26. The predicted molar refractivity (Wildman–Crippen MR) is 53.7 cm³/mol. The van der Waals surface area contributed by atoms with Crippen LogP contribution in [0.2, 0.25) is 0 Å². The van der Waals surface area contributed by atoms with E-state index in [4.69, 9.17) is 0 Å². The van der Waals surface area contributed by atoms with Crippen LogP contribution in [0.4, 0.5) is 0 Å². The Morgan fingerprint density at radius 3 is 3.07 bits per heavy atom. The highest BCUT2D eigenvalue weighted by molar-refractivity contribution is 4.88. The molecule has 0 spiro atoms. The summed E-state index contributed by atoms with van der Waals surface area (Å²) in [6.07, 6.45) is 7.74. The van der Waals surface area contributed by atoms with Crippen molar-refractivity contribution in [2.75, 3.05) is 0 Å². The van der Waals surface area contributed by atoms with E-state index in [-0.39, 0.29) is 12.1 Å². The van der Waals surface area contributed by atoms with Crippen molar-refractivity contribution in [3.63, 3.8) is 0 Å². The second kappa shape index (κ2) is 4.57. The fourth-order valence-electron chi connectivity index (χ4n) is 1.97. The van der Waals surface area contributed by atoms with Gasteiger partial charge in [0.2, 0.25) is 0 Å². The van der Waals surface area contributed by atoms with Crippen LogP contribution in [0.15, 0.2) is 12.4 Å². The lowest BCUT2D eigenvalue weighted by Crippen LogP contribution is -2.41. The average Bonchev–Trinajstić information content (AvgIpc) is 2.69. The van der Waals surface area contributed by atoms with Gasteiger partial charge in [0.15, 0.2) is 0 Å². The van der Waals surface area contributed by atoms with Gasteiger partial charge < -0.3 is 15.4 Å². The molecular weight excluding hydrogens is 178 g/mol. The summed E-state index contributed by atoms with van der Waals surface area (Å²) in [5.74, 6) is 0.933. The minimum Gasteiger partial charge on any atom is -0.392 e.